The van der Waals surface area contributed by atoms with E-state index < -0.39 is 0 Å². The van der Waals surface area contributed by atoms with Crippen LogP contribution < -0.4 is 24.4 Å². The number of benzene rings is 2. The lowest BCUT2D eigenvalue weighted by Crippen LogP contribution is -2.35. The third-order valence-corrected chi connectivity index (χ3v) is 4.22. The number of anilines is 2. The molecule has 0 saturated carbocycles. The van der Waals surface area contributed by atoms with Crippen LogP contribution in [-0.2, 0) is 6.42 Å². The number of carbonyl (C=O) groups excluding carboxylic acids is 1. The average molecular weight is 342 g/mol. The molecule has 25 heavy (non-hydrogen) atoms. The van der Waals surface area contributed by atoms with Crippen LogP contribution in [0.3, 0.4) is 0 Å². The molecule has 6 nitrogen and oxygen atoms in total. The van der Waals surface area contributed by atoms with Crippen molar-refractivity contribution in [3.63, 3.8) is 0 Å². The van der Waals surface area contributed by atoms with E-state index in [0.717, 1.165) is 29.1 Å². The normalized spacial score (nSPS) is 12.1. The van der Waals surface area contributed by atoms with Gasteiger partial charge in [-0.05, 0) is 31.2 Å². The van der Waals surface area contributed by atoms with Crippen molar-refractivity contribution in [1.29, 1.82) is 0 Å². The highest BCUT2D eigenvalue weighted by atomic mass is 16.5. The lowest BCUT2D eigenvalue weighted by Gasteiger charge is -2.23. The molecule has 0 radical (unpaired) electrons. The van der Waals surface area contributed by atoms with E-state index in [0.29, 0.717) is 24.7 Å². The first kappa shape index (κ1) is 17.0. The van der Waals surface area contributed by atoms with Gasteiger partial charge in [0, 0.05) is 36.0 Å². The highest BCUT2D eigenvalue weighted by Crippen LogP contribution is 2.33. The maximum atomic E-state index is 12.8. The van der Waals surface area contributed by atoms with Crippen LogP contribution in [0.5, 0.6) is 17.2 Å². The summed E-state index contributed by atoms with van der Waals surface area (Å²) in [4.78, 5) is 14.4. The second-order valence-electron chi connectivity index (χ2n) is 5.59. The Labute approximate surface area is 147 Å². The summed E-state index contributed by atoms with van der Waals surface area (Å²) < 4.78 is 16.1. The van der Waals surface area contributed by atoms with Gasteiger partial charge in [0.05, 0.1) is 20.8 Å². The Morgan fingerprint density at radius 3 is 2.72 bits per heavy atom. The van der Waals surface area contributed by atoms with E-state index in [9.17, 15) is 4.79 Å². The van der Waals surface area contributed by atoms with Crippen molar-refractivity contribution in [3.8, 4) is 17.2 Å². The fourth-order valence-electron chi connectivity index (χ4n) is 2.96. The van der Waals surface area contributed by atoms with Crippen LogP contribution in [0.25, 0.3) is 0 Å². The van der Waals surface area contributed by atoms with E-state index in [1.807, 2.05) is 31.2 Å². The zero-order valence-corrected chi connectivity index (χ0v) is 14.7. The predicted molar refractivity (Wildman–Crippen MR) is 97.2 cm³/mol. The van der Waals surface area contributed by atoms with Gasteiger partial charge in [-0.1, -0.05) is 6.07 Å². The van der Waals surface area contributed by atoms with Crippen LogP contribution in [0.15, 0.2) is 36.4 Å². The van der Waals surface area contributed by atoms with Crippen LogP contribution in [0, 0.1) is 0 Å². The Morgan fingerprint density at radius 1 is 1.20 bits per heavy atom. The Morgan fingerprint density at radius 2 is 2.00 bits per heavy atom. The van der Waals surface area contributed by atoms with Gasteiger partial charge in [-0.3, -0.25) is 4.90 Å². The van der Waals surface area contributed by atoms with E-state index >= 15 is 0 Å². The molecule has 3 rings (SSSR count). The molecule has 1 heterocycles. The minimum absolute atomic E-state index is 0.199. The molecule has 0 aliphatic carbocycles. The summed E-state index contributed by atoms with van der Waals surface area (Å²) in [6.45, 7) is 3.09. The summed E-state index contributed by atoms with van der Waals surface area (Å²) in [6, 6.07) is 10.9. The zero-order chi connectivity index (χ0) is 17.8. The van der Waals surface area contributed by atoms with Crippen LogP contribution in [0.2, 0.25) is 0 Å². The van der Waals surface area contributed by atoms with Crippen molar-refractivity contribution in [1.82, 2.24) is 0 Å². The Hall–Kier alpha value is -2.89. The van der Waals surface area contributed by atoms with E-state index in [2.05, 4.69) is 5.32 Å². The van der Waals surface area contributed by atoms with Crippen molar-refractivity contribution < 1.29 is 19.0 Å². The number of urea groups is 1. The fraction of sp³-hybridized carbons (Fsp3) is 0.316. The van der Waals surface area contributed by atoms with Gasteiger partial charge in [-0.15, -0.1) is 0 Å². The Kier molecular flexibility index (Phi) is 4.97. The summed E-state index contributed by atoms with van der Waals surface area (Å²) in [6.07, 6.45) is 0.800. The van der Waals surface area contributed by atoms with Crippen molar-refractivity contribution >= 4 is 17.4 Å². The number of fused-ring (bicyclic) bond motifs is 1. The topological polar surface area (TPSA) is 60.0 Å². The lowest BCUT2D eigenvalue weighted by molar-refractivity contribution is 0.257. The molecular formula is C19H22N2O4. The molecule has 0 spiro atoms. The molecule has 0 fully saturated rings. The molecule has 1 N–H and O–H groups in total. The number of amides is 2. The smallest absolute Gasteiger partial charge is 0.326 e. The first-order valence-electron chi connectivity index (χ1n) is 8.23. The fourth-order valence-corrected chi connectivity index (χ4v) is 2.96. The number of hydrogen-bond acceptors (Lipinski definition) is 4. The van der Waals surface area contributed by atoms with Crippen molar-refractivity contribution in [2.45, 2.75) is 13.3 Å². The number of methoxy groups -OCH3 is 2. The Balaban J connectivity index is 1.84. The van der Waals surface area contributed by atoms with Crippen LogP contribution in [0.4, 0.5) is 16.2 Å². The summed E-state index contributed by atoms with van der Waals surface area (Å²) in [5, 5.41) is 2.99. The summed E-state index contributed by atoms with van der Waals surface area (Å²) in [5.74, 6) is 2.05. The van der Waals surface area contributed by atoms with Crippen molar-refractivity contribution in [2.24, 2.45) is 0 Å². The van der Waals surface area contributed by atoms with Gasteiger partial charge < -0.3 is 19.5 Å². The van der Waals surface area contributed by atoms with E-state index in [1.54, 1.807) is 31.3 Å². The molecule has 2 aromatic carbocycles. The van der Waals surface area contributed by atoms with E-state index in [1.165, 1.54) is 0 Å². The van der Waals surface area contributed by atoms with Gasteiger partial charge >= 0.3 is 6.03 Å². The van der Waals surface area contributed by atoms with Crippen LogP contribution in [0.1, 0.15) is 12.5 Å². The van der Waals surface area contributed by atoms with Crippen LogP contribution in [-0.4, -0.2) is 33.4 Å². The molecule has 0 unspecified atom stereocenters. The van der Waals surface area contributed by atoms with E-state index in [4.69, 9.17) is 14.2 Å². The first-order chi connectivity index (χ1) is 12.2. The Bertz CT molecular complexity index is 776. The van der Waals surface area contributed by atoms with Gasteiger partial charge in [0.2, 0.25) is 0 Å². The number of nitrogens with zero attached hydrogens (tertiary/aromatic N) is 1. The highest BCUT2D eigenvalue weighted by molar-refractivity contribution is 6.02. The molecule has 0 bridgehead atoms. The largest absolute Gasteiger partial charge is 0.493 e. The zero-order valence-electron chi connectivity index (χ0n) is 14.7. The van der Waals surface area contributed by atoms with Crippen molar-refractivity contribution in [2.75, 3.05) is 37.6 Å². The van der Waals surface area contributed by atoms with E-state index in [-0.39, 0.29) is 6.03 Å². The second kappa shape index (κ2) is 7.34. The molecule has 6 heteroatoms. The molecule has 2 aromatic rings. The lowest BCUT2D eigenvalue weighted by atomic mass is 10.1. The SMILES string of the molecule is CCN(C(=O)Nc1cccc2c1CCO2)c1ccc(OC)c(OC)c1. The third-order valence-electron chi connectivity index (χ3n) is 4.22. The maximum Gasteiger partial charge on any atom is 0.326 e. The van der Waals surface area contributed by atoms with Crippen molar-refractivity contribution in [3.05, 3.63) is 42.0 Å². The molecule has 132 valence electrons. The molecule has 1 aliphatic heterocycles. The third kappa shape index (κ3) is 3.33. The minimum atomic E-state index is -0.199. The monoisotopic (exact) mass is 342 g/mol. The van der Waals surface area contributed by atoms with Gasteiger partial charge in [-0.25, -0.2) is 4.79 Å². The molecular weight excluding hydrogens is 320 g/mol. The number of nitrogens with one attached hydrogen (secondary N) is 1. The molecule has 1 aliphatic rings. The molecule has 0 saturated heterocycles. The average Bonchev–Trinajstić information content (AvgIpc) is 3.12. The molecule has 2 amide bonds. The van der Waals surface area contributed by atoms with Gasteiger partial charge in [0.25, 0.3) is 0 Å². The number of carbonyl (C=O) groups is 1. The summed E-state index contributed by atoms with van der Waals surface area (Å²) >= 11 is 0. The predicted octanol–water partition coefficient (Wildman–Crippen LogP) is 3.70. The standard InChI is InChI=1S/C19H22N2O4/c1-4-21(13-8-9-17(23-2)18(12-13)24-3)19(22)20-15-6-5-7-16-14(15)10-11-25-16/h5-9,12H,4,10-11H2,1-3H3,(H,20,22). The minimum Gasteiger partial charge on any atom is -0.493 e. The van der Waals surface area contributed by atoms with Crippen LogP contribution >= 0.6 is 0 Å². The number of hydrogen-bond donors (Lipinski definition) is 1. The number of ether oxygens (including phenoxy) is 3. The van der Waals surface area contributed by atoms with Gasteiger partial charge in [-0.2, -0.15) is 0 Å². The maximum absolute atomic E-state index is 12.8. The van der Waals surface area contributed by atoms with Gasteiger partial charge in [0.1, 0.15) is 5.75 Å². The number of rotatable bonds is 5. The molecule has 0 aromatic heterocycles. The summed E-state index contributed by atoms with van der Waals surface area (Å²) in [7, 11) is 3.16. The first-order valence-corrected chi connectivity index (χ1v) is 8.23. The highest BCUT2D eigenvalue weighted by Gasteiger charge is 2.20. The van der Waals surface area contributed by atoms with Gasteiger partial charge in [0.15, 0.2) is 11.5 Å². The summed E-state index contributed by atoms with van der Waals surface area (Å²) in [5.41, 5.74) is 2.57. The quantitative estimate of drug-likeness (QED) is 0.900. The second-order valence-corrected chi connectivity index (χ2v) is 5.59. The molecule has 0 atom stereocenters.